The molecule has 0 radical (unpaired) electrons. The number of amides is 2. The summed E-state index contributed by atoms with van der Waals surface area (Å²) in [6.07, 6.45) is 0. The van der Waals surface area contributed by atoms with Crippen molar-refractivity contribution in [2.24, 2.45) is 0 Å². The SMILES string of the molecule is O=C(COc1ccccc1)NNC(=O)COc1ccc(Br)cc1. The van der Waals surface area contributed by atoms with Gasteiger partial charge in [-0.25, -0.2) is 0 Å². The van der Waals surface area contributed by atoms with Crippen LogP contribution in [0.3, 0.4) is 0 Å². The predicted molar refractivity (Wildman–Crippen MR) is 87.9 cm³/mol. The molecule has 0 saturated heterocycles. The molecule has 2 rings (SSSR count). The second-order valence-electron chi connectivity index (χ2n) is 4.44. The molecule has 0 aromatic heterocycles. The van der Waals surface area contributed by atoms with E-state index in [9.17, 15) is 9.59 Å². The Morgan fingerprint density at radius 2 is 1.26 bits per heavy atom. The molecule has 0 fully saturated rings. The molecule has 0 aliphatic carbocycles. The summed E-state index contributed by atoms with van der Waals surface area (Å²) in [5, 5.41) is 0. The topological polar surface area (TPSA) is 76.7 Å². The number of carbonyl (C=O) groups is 2. The van der Waals surface area contributed by atoms with Crippen molar-refractivity contribution in [3.05, 3.63) is 59.1 Å². The molecule has 0 atom stereocenters. The maximum absolute atomic E-state index is 11.6. The first kappa shape index (κ1) is 16.8. The molecule has 2 aromatic carbocycles. The van der Waals surface area contributed by atoms with Gasteiger partial charge < -0.3 is 9.47 Å². The number of para-hydroxylation sites is 1. The van der Waals surface area contributed by atoms with Gasteiger partial charge in [0.05, 0.1) is 0 Å². The molecule has 6 nitrogen and oxygen atoms in total. The van der Waals surface area contributed by atoms with E-state index in [4.69, 9.17) is 9.47 Å². The minimum atomic E-state index is -0.471. The Morgan fingerprint density at radius 1 is 0.783 bits per heavy atom. The number of rotatable bonds is 6. The molecule has 0 heterocycles. The quantitative estimate of drug-likeness (QED) is 0.754. The fraction of sp³-hybridized carbons (Fsp3) is 0.125. The van der Waals surface area contributed by atoms with Gasteiger partial charge in [-0.3, -0.25) is 20.4 Å². The second-order valence-corrected chi connectivity index (χ2v) is 5.36. The highest BCUT2D eigenvalue weighted by Gasteiger charge is 2.06. The standard InChI is InChI=1S/C16H15BrN2O4/c17-12-6-8-14(9-7-12)23-11-16(21)19-18-15(20)10-22-13-4-2-1-3-5-13/h1-9H,10-11H2,(H,18,20)(H,19,21). The van der Waals surface area contributed by atoms with E-state index in [-0.39, 0.29) is 13.2 Å². The zero-order valence-electron chi connectivity index (χ0n) is 12.1. The van der Waals surface area contributed by atoms with Crippen LogP contribution in [0.2, 0.25) is 0 Å². The van der Waals surface area contributed by atoms with Gasteiger partial charge in [-0.15, -0.1) is 0 Å². The van der Waals surface area contributed by atoms with Crippen LogP contribution in [0.1, 0.15) is 0 Å². The molecule has 23 heavy (non-hydrogen) atoms. The van der Waals surface area contributed by atoms with E-state index in [1.807, 2.05) is 6.07 Å². The van der Waals surface area contributed by atoms with E-state index in [1.165, 1.54) is 0 Å². The third kappa shape index (κ3) is 6.39. The molecular weight excluding hydrogens is 364 g/mol. The molecule has 120 valence electrons. The van der Waals surface area contributed by atoms with E-state index < -0.39 is 11.8 Å². The summed E-state index contributed by atoms with van der Waals surface area (Å²) < 4.78 is 11.4. The largest absolute Gasteiger partial charge is 0.484 e. The average molecular weight is 379 g/mol. The fourth-order valence-electron chi connectivity index (χ4n) is 1.56. The fourth-order valence-corrected chi connectivity index (χ4v) is 1.82. The summed E-state index contributed by atoms with van der Waals surface area (Å²) in [4.78, 5) is 23.1. The molecule has 2 amide bonds. The third-order valence-electron chi connectivity index (χ3n) is 2.64. The van der Waals surface area contributed by atoms with Crippen LogP contribution in [0.25, 0.3) is 0 Å². The summed E-state index contributed by atoms with van der Waals surface area (Å²) in [6, 6.07) is 16.0. The molecule has 0 saturated carbocycles. The number of hydrazine groups is 1. The highest BCUT2D eigenvalue weighted by atomic mass is 79.9. The number of benzene rings is 2. The van der Waals surface area contributed by atoms with Crippen molar-refractivity contribution in [1.82, 2.24) is 10.9 Å². The van der Waals surface area contributed by atoms with Crippen molar-refractivity contribution in [3.8, 4) is 11.5 Å². The predicted octanol–water partition coefficient (Wildman–Crippen LogP) is 2.05. The van der Waals surface area contributed by atoms with Crippen molar-refractivity contribution >= 4 is 27.7 Å². The summed E-state index contributed by atoms with van der Waals surface area (Å²) in [5.41, 5.74) is 4.49. The number of carbonyl (C=O) groups excluding carboxylic acids is 2. The van der Waals surface area contributed by atoms with Gasteiger partial charge in [0, 0.05) is 4.47 Å². The highest BCUT2D eigenvalue weighted by Crippen LogP contribution is 2.15. The molecule has 0 bridgehead atoms. The van der Waals surface area contributed by atoms with Gasteiger partial charge in [0.1, 0.15) is 11.5 Å². The van der Waals surface area contributed by atoms with Gasteiger partial charge in [-0.05, 0) is 36.4 Å². The zero-order valence-corrected chi connectivity index (χ0v) is 13.7. The first-order valence-corrected chi connectivity index (χ1v) is 7.56. The van der Waals surface area contributed by atoms with Crippen LogP contribution in [-0.4, -0.2) is 25.0 Å². The van der Waals surface area contributed by atoms with Crippen molar-refractivity contribution in [1.29, 1.82) is 0 Å². The maximum atomic E-state index is 11.6. The summed E-state index contributed by atoms with van der Waals surface area (Å²) in [5.74, 6) is 0.196. The maximum Gasteiger partial charge on any atom is 0.276 e. The number of halogens is 1. The Kier molecular flexibility index (Phi) is 6.43. The third-order valence-corrected chi connectivity index (χ3v) is 3.17. The van der Waals surface area contributed by atoms with E-state index in [1.54, 1.807) is 48.5 Å². The van der Waals surface area contributed by atoms with Crippen LogP contribution in [0.5, 0.6) is 11.5 Å². The zero-order chi connectivity index (χ0) is 16.5. The first-order valence-electron chi connectivity index (χ1n) is 6.77. The highest BCUT2D eigenvalue weighted by molar-refractivity contribution is 9.10. The van der Waals surface area contributed by atoms with Gasteiger partial charge >= 0.3 is 0 Å². The number of hydrogen-bond donors (Lipinski definition) is 2. The van der Waals surface area contributed by atoms with Crippen LogP contribution in [0.4, 0.5) is 0 Å². The second kappa shape index (κ2) is 8.79. The summed E-state index contributed by atoms with van der Waals surface area (Å²) >= 11 is 3.30. The van der Waals surface area contributed by atoms with E-state index >= 15 is 0 Å². The molecule has 0 aliphatic heterocycles. The van der Waals surface area contributed by atoms with Gasteiger partial charge in [-0.1, -0.05) is 34.1 Å². The van der Waals surface area contributed by atoms with Crippen molar-refractivity contribution in [2.45, 2.75) is 0 Å². The minimum Gasteiger partial charge on any atom is -0.484 e. The van der Waals surface area contributed by atoms with Crippen LogP contribution in [-0.2, 0) is 9.59 Å². The number of ether oxygens (including phenoxy) is 2. The molecular formula is C16H15BrN2O4. The summed E-state index contributed by atoms with van der Waals surface area (Å²) in [7, 11) is 0. The van der Waals surface area contributed by atoms with Crippen LogP contribution in [0.15, 0.2) is 59.1 Å². The average Bonchev–Trinajstić information content (AvgIpc) is 2.58. The lowest BCUT2D eigenvalue weighted by atomic mass is 10.3. The smallest absolute Gasteiger partial charge is 0.276 e. The summed E-state index contributed by atoms with van der Waals surface area (Å²) in [6.45, 7) is -0.403. The van der Waals surface area contributed by atoms with Crippen molar-refractivity contribution in [3.63, 3.8) is 0 Å². The lowest BCUT2D eigenvalue weighted by molar-refractivity contribution is -0.131. The van der Waals surface area contributed by atoms with Crippen LogP contribution < -0.4 is 20.3 Å². The normalized spacial score (nSPS) is 9.78. The Morgan fingerprint density at radius 3 is 1.78 bits per heavy atom. The Balaban J connectivity index is 1.63. The van der Waals surface area contributed by atoms with Crippen molar-refractivity contribution < 1.29 is 19.1 Å². The van der Waals surface area contributed by atoms with E-state index in [0.29, 0.717) is 11.5 Å². The molecule has 2 aromatic rings. The molecule has 0 aliphatic rings. The molecule has 2 N–H and O–H groups in total. The lowest BCUT2D eigenvalue weighted by Crippen LogP contribution is -2.45. The lowest BCUT2D eigenvalue weighted by Gasteiger charge is -2.09. The number of nitrogens with one attached hydrogen (secondary N) is 2. The molecule has 7 heteroatoms. The van der Waals surface area contributed by atoms with Crippen LogP contribution in [0, 0.1) is 0 Å². The van der Waals surface area contributed by atoms with E-state index in [0.717, 1.165) is 4.47 Å². The monoisotopic (exact) mass is 378 g/mol. The molecule has 0 spiro atoms. The Hall–Kier alpha value is -2.54. The molecule has 0 unspecified atom stereocenters. The van der Waals surface area contributed by atoms with Crippen molar-refractivity contribution in [2.75, 3.05) is 13.2 Å². The van der Waals surface area contributed by atoms with Gasteiger partial charge in [0.2, 0.25) is 0 Å². The van der Waals surface area contributed by atoms with Gasteiger partial charge in [0.15, 0.2) is 13.2 Å². The van der Waals surface area contributed by atoms with Gasteiger partial charge in [-0.2, -0.15) is 0 Å². The van der Waals surface area contributed by atoms with Crippen LogP contribution >= 0.6 is 15.9 Å². The van der Waals surface area contributed by atoms with E-state index in [2.05, 4.69) is 26.8 Å². The Bertz CT molecular complexity index is 647. The first-order chi connectivity index (χ1) is 11.1. The van der Waals surface area contributed by atoms with Gasteiger partial charge in [0.25, 0.3) is 11.8 Å². The number of hydrogen-bond acceptors (Lipinski definition) is 4. The minimum absolute atomic E-state index is 0.197. The Labute approximate surface area is 141 Å².